The maximum absolute atomic E-state index is 13.0. The van der Waals surface area contributed by atoms with Crippen LogP contribution in [-0.2, 0) is 14.8 Å². The highest BCUT2D eigenvalue weighted by Crippen LogP contribution is 2.27. The molecular formula is C19H26N2O5S. The van der Waals surface area contributed by atoms with Crippen LogP contribution in [0.3, 0.4) is 0 Å². The highest BCUT2D eigenvalue weighted by Gasteiger charge is 2.35. The van der Waals surface area contributed by atoms with Gasteiger partial charge >= 0.3 is 5.97 Å². The number of hydrogen-bond acceptors (Lipinski definition) is 4. The Labute approximate surface area is 160 Å². The minimum Gasteiger partial charge on any atom is -0.480 e. The number of sulfonamides is 1. The van der Waals surface area contributed by atoms with E-state index in [9.17, 15) is 23.1 Å². The molecule has 3 rings (SSSR count). The van der Waals surface area contributed by atoms with Gasteiger partial charge in [-0.3, -0.25) is 4.79 Å². The van der Waals surface area contributed by atoms with Crippen LogP contribution in [0.25, 0.3) is 0 Å². The fourth-order valence-electron chi connectivity index (χ4n) is 4.03. The zero-order valence-electron chi connectivity index (χ0n) is 15.5. The van der Waals surface area contributed by atoms with E-state index in [0.717, 1.165) is 32.1 Å². The van der Waals surface area contributed by atoms with E-state index in [1.165, 1.54) is 21.3 Å². The van der Waals surface area contributed by atoms with Gasteiger partial charge in [-0.2, -0.15) is 4.31 Å². The van der Waals surface area contributed by atoms with Gasteiger partial charge in [-0.05, 0) is 43.9 Å². The van der Waals surface area contributed by atoms with E-state index in [-0.39, 0.29) is 16.5 Å². The Morgan fingerprint density at radius 2 is 1.81 bits per heavy atom. The van der Waals surface area contributed by atoms with Gasteiger partial charge in [0.1, 0.15) is 6.04 Å². The number of hydrogen-bond donors (Lipinski definition) is 1. The van der Waals surface area contributed by atoms with Gasteiger partial charge < -0.3 is 10.0 Å². The van der Waals surface area contributed by atoms with Crippen molar-refractivity contribution < 1.29 is 23.1 Å². The molecule has 1 N–H and O–H groups in total. The molecule has 0 spiro atoms. The monoisotopic (exact) mass is 394 g/mol. The predicted molar refractivity (Wildman–Crippen MR) is 100.0 cm³/mol. The number of carboxylic acid groups (broad SMARTS) is 1. The van der Waals surface area contributed by atoms with Gasteiger partial charge in [0.15, 0.2) is 0 Å². The Morgan fingerprint density at radius 3 is 2.48 bits per heavy atom. The largest absolute Gasteiger partial charge is 0.480 e. The standard InChI is InChI=1S/C19H26N2O5S/c1-20(15-8-3-2-4-9-15)27(25,26)16-10-5-7-14(13-16)18(22)21-12-6-11-17(21)19(23)24/h5,7,10,13,15,17H,2-4,6,8-9,11-12H2,1H3,(H,23,24). The molecule has 1 aromatic rings. The first-order valence-corrected chi connectivity index (χ1v) is 10.9. The highest BCUT2D eigenvalue weighted by molar-refractivity contribution is 7.89. The van der Waals surface area contributed by atoms with Gasteiger partial charge in [-0.1, -0.05) is 25.3 Å². The van der Waals surface area contributed by atoms with Crippen LogP contribution in [0.4, 0.5) is 0 Å². The van der Waals surface area contributed by atoms with Crippen LogP contribution in [0.15, 0.2) is 29.2 Å². The van der Waals surface area contributed by atoms with E-state index >= 15 is 0 Å². The lowest BCUT2D eigenvalue weighted by Crippen LogP contribution is -2.40. The van der Waals surface area contributed by atoms with Crippen LogP contribution in [0.5, 0.6) is 0 Å². The Balaban J connectivity index is 1.84. The Bertz CT molecular complexity index is 817. The Kier molecular flexibility index (Phi) is 5.86. The number of carbonyl (C=O) groups is 2. The second kappa shape index (κ2) is 7.98. The van der Waals surface area contributed by atoms with E-state index < -0.39 is 27.9 Å². The van der Waals surface area contributed by atoms with Gasteiger partial charge in [0.2, 0.25) is 10.0 Å². The molecule has 1 saturated carbocycles. The van der Waals surface area contributed by atoms with Crippen molar-refractivity contribution in [1.82, 2.24) is 9.21 Å². The van der Waals surface area contributed by atoms with Crippen molar-refractivity contribution in [3.8, 4) is 0 Å². The molecule has 1 amide bonds. The summed E-state index contributed by atoms with van der Waals surface area (Å²) in [6.07, 6.45) is 5.93. The first-order chi connectivity index (χ1) is 12.8. The Hall–Kier alpha value is -1.93. The number of carboxylic acids is 1. The molecule has 1 aliphatic heterocycles. The van der Waals surface area contributed by atoms with Gasteiger partial charge in [-0.25, -0.2) is 13.2 Å². The zero-order chi connectivity index (χ0) is 19.6. The molecule has 1 aromatic carbocycles. The predicted octanol–water partition coefficient (Wildman–Crippen LogP) is 2.33. The van der Waals surface area contributed by atoms with Crippen LogP contribution in [-0.4, -0.2) is 60.3 Å². The van der Waals surface area contributed by atoms with Crippen molar-refractivity contribution in [2.24, 2.45) is 0 Å². The SMILES string of the molecule is CN(C1CCCCC1)S(=O)(=O)c1cccc(C(=O)N2CCCC2C(=O)O)c1. The topological polar surface area (TPSA) is 95.0 Å². The maximum Gasteiger partial charge on any atom is 0.326 e. The number of benzene rings is 1. The average Bonchev–Trinajstić information content (AvgIpc) is 3.17. The lowest BCUT2D eigenvalue weighted by atomic mass is 9.96. The highest BCUT2D eigenvalue weighted by atomic mass is 32.2. The van der Waals surface area contributed by atoms with E-state index in [2.05, 4.69) is 0 Å². The minimum atomic E-state index is -3.70. The molecule has 0 radical (unpaired) electrons. The molecule has 0 bridgehead atoms. The summed E-state index contributed by atoms with van der Waals surface area (Å²) < 4.78 is 27.4. The molecule has 148 valence electrons. The maximum atomic E-state index is 13.0. The normalized spacial score (nSPS) is 21.6. The molecule has 8 heteroatoms. The molecule has 7 nitrogen and oxygen atoms in total. The molecule has 2 aliphatic rings. The summed E-state index contributed by atoms with van der Waals surface area (Å²) in [5.41, 5.74) is 0.210. The number of nitrogens with zero attached hydrogens (tertiary/aromatic N) is 2. The zero-order valence-corrected chi connectivity index (χ0v) is 16.3. The third-order valence-electron chi connectivity index (χ3n) is 5.65. The lowest BCUT2D eigenvalue weighted by Gasteiger charge is -2.30. The summed E-state index contributed by atoms with van der Waals surface area (Å²) in [6.45, 7) is 0.370. The molecule has 1 heterocycles. The molecule has 27 heavy (non-hydrogen) atoms. The van der Waals surface area contributed by atoms with Crippen LogP contribution in [0.1, 0.15) is 55.3 Å². The summed E-state index contributed by atoms with van der Waals surface area (Å²) in [6, 6.07) is 5.08. The quantitative estimate of drug-likeness (QED) is 0.827. The second-order valence-electron chi connectivity index (χ2n) is 7.34. The summed E-state index contributed by atoms with van der Waals surface area (Å²) in [7, 11) is -2.10. The van der Waals surface area contributed by atoms with Gasteiger partial charge in [0, 0.05) is 25.2 Å². The smallest absolute Gasteiger partial charge is 0.326 e. The number of carbonyl (C=O) groups excluding carboxylic acids is 1. The number of amides is 1. The average molecular weight is 394 g/mol. The van der Waals surface area contributed by atoms with Crippen LogP contribution >= 0.6 is 0 Å². The molecule has 1 unspecified atom stereocenters. The number of aliphatic carboxylic acids is 1. The third-order valence-corrected chi connectivity index (χ3v) is 7.55. The second-order valence-corrected chi connectivity index (χ2v) is 9.33. The molecule has 1 aliphatic carbocycles. The van der Waals surface area contributed by atoms with Crippen molar-refractivity contribution in [2.75, 3.05) is 13.6 Å². The molecule has 1 saturated heterocycles. The van der Waals surface area contributed by atoms with E-state index in [0.29, 0.717) is 19.4 Å². The Morgan fingerprint density at radius 1 is 1.11 bits per heavy atom. The minimum absolute atomic E-state index is 0.0157. The van der Waals surface area contributed by atoms with Crippen LogP contribution < -0.4 is 0 Å². The van der Waals surface area contributed by atoms with Crippen molar-refractivity contribution in [3.63, 3.8) is 0 Å². The van der Waals surface area contributed by atoms with Gasteiger partial charge in [-0.15, -0.1) is 0 Å². The summed E-state index contributed by atoms with van der Waals surface area (Å²) in [5.74, 6) is -1.46. The molecular weight excluding hydrogens is 368 g/mol. The number of likely N-dealkylation sites (tertiary alicyclic amines) is 1. The fraction of sp³-hybridized carbons (Fsp3) is 0.579. The number of rotatable bonds is 5. The molecule has 0 aromatic heterocycles. The van der Waals surface area contributed by atoms with E-state index in [1.807, 2.05) is 0 Å². The van der Waals surface area contributed by atoms with Crippen LogP contribution in [0.2, 0.25) is 0 Å². The lowest BCUT2D eigenvalue weighted by molar-refractivity contribution is -0.141. The van der Waals surface area contributed by atoms with Crippen LogP contribution in [0, 0.1) is 0 Å². The van der Waals surface area contributed by atoms with E-state index in [4.69, 9.17) is 0 Å². The summed E-state index contributed by atoms with van der Waals surface area (Å²) >= 11 is 0. The summed E-state index contributed by atoms with van der Waals surface area (Å²) in [4.78, 5) is 25.5. The molecule has 2 fully saturated rings. The first kappa shape index (κ1) is 19.8. The third kappa shape index (κ3) is 4.01. The fourth-order valence-corrected chi connectivity index (χ4v) is 5.49. The first-order valence-electron chi connectivity index (χ1n) is 9.44. The van der Waals surface area contributed by atoms with Gasteiger partial charge in [0.05, 0.1) is 4.90 Å². The van der Waals surface area contributed by atoms with Crippen molar-refractivity contribution in [1.29, 1.82) is 0 Å². The molecule has 1 atom stereocenters. The summed E-state index contributed by atoms with van der Waals surface area (Å²) in [5, 5.41) is 9.28. The van der Waals surface area contributed by atoms with Crippen molar-refractivity contribution in [2.45, 2.75) is 61.9 Å². The van der Waals surface area contributed by atoms with Crippen molar-refractivity contribution in [3.05, 3.63) is 29.8 Å². The van der Waals surface area contributed by atoms with Crippen molar-refractivity contribution >= 4 is 21.9 Å². The van der Waals surface area contributed by atoms with E-state index in [1.54, 1.807) is 19.2 Å². The van der Waals surface area contributed by atoms with Gasteiger partial charge in [0.25, 0.3) is 5.91 Å².